The predicted molar refractivity (Wildman–Crippen MR) is 102 cm³/mol. The average molecular weight is 390 g/mol. The third-order valence-electron chi connectivity index (χ3n) is 5.18. The van der Waals surface area contributed by atoms with Crippen LogP contribution in [0.5, 0.6) is 0 Å². The van der Waals surface area contributed by atoms with Crippen LogP contribution in [0.2, 0.25) is 0 Å². The number of urea groups is 1. The van der Waals surface area contributed by atoms with E-state index in [1.165, 1.54) is 12.1 Å². The summed E-state index contributed by atoms with van der Waals surface area (Å²) in [5, 5.41) is 21.3. The molecule has 3 unspecified atom stereocenters. The van der Waals surface area contributed by atoms with Gasteiger partial charge in [0.2, 0.25) is 0 Å². The first-order valence-corrected chi connectivity index (χ1v) is 9.30. The van der Waals surface area contributed by atoms with E-state index in [0.29, 0.717) is 30.5 Å². The average Bonchev–Trinajstić information content (AvgIpc) is 2.68. The fourth-order valence-electron chi connectivity index (χ4n) is 3.52. The van der Waals surface area contributed by atoms with Crippen LogP contribution in [0.4, 0.5) is 13.6 Å². The Morgan fingerprint density at radius 2 is 1.93 bits per heavy atom. The van der Waals surface area contributed by atoms with E-state index in [4.69, 9.17) is 5.11 Å². The SMILES string of the molecule is CC(c1ccc(-c2ccc(F)cc2F)cc1)N1CCC(CC(O)CO)NC1=O. The Labute approximate surface area is 162 Å². The lowest BCUT2D eigenvalue weighted by molar-refractivity contribution is 0.0715. The Morgan fingerprint density at radius 3 is 2.54 bits per heavy atom. The highest BCUT2D eigenvalue weighted by atomic mass is 19.1. The molecule has 1 fully saturated rings. The molecular formula is C21H24F2N2O3. The van der Waals surface area contributed by atoms with Gasteiger partial charge in [-0.1, -0.05) is 24.3 Å². The first-order chi connectivity index (χ1) is 13.4. The van der Waals surface area contributed by atoms with Crippen molar-refractivity contribution in [1.82, 2.24) is 10.2 Å². The Morgan fingerprint density at radius 1 is 1.21 bits per heavy atom. The summed E-state index contributed by atoms with van der Waals surface area (Å²) in [7, 11) is 0. The highest BCUT2D eigenvalue weighted by Gasteiger charge is 2.29. The van der Waals surface area contributed by atoms with Gasteiger partial charge in [-0.2, -0.15) is 0 Å². The Kier molecular flexibility index (Phi) is 6.26. The van der Waals surface area contributed by atoms with Gasteiger partial charge < -0.3 is 20.4 Å². The van der Waals surface area contributed by atoms with Gasteiger partial charge in [0, 0.05) is 24.2 Å². The van der Waals surface area contributed by atoms with Gasteiger partial charge in [0.25, 0.3) is 0 Å². The molecule has 5 nitrogen and oxygen atoms in total. The van der Waals surface area contributed by atoms with Crippen molar-refractivity contribution in [3.63, 3.8) is 0 Å². The number of benzene rings is 2. The summed E-state index contributed by atoms with van der Waals surface area (Å²) >= 11 is 0. The van der Waals surface area contributed by atoms with Crippen LogP contribution in [0.25, 0.3) is 11.1 Å². The van der Waals surface area contributed by atoms with Crippen molar-refractivity contribution >= 4 is 6.03 Å². The van der Waals surface area contributed by atoms with Gasteiger partial charge in [-0.05, 0) is 43.0 Å². The van der Waals surface area contributed by atoms with Gasteiger partial charge in [-0.3, -0.25) is 0 Å². The monoisotopic (exact) mass is 390 g/mol. The summed E-state index contributed by atoms with van der Waals surface area (Å²) in [6.45, 7) is 2.12. The van der Waals surface area contributed by atoms with Crippen LogP contribution in [-0.4, -0.2) is 46.4 Å². The summed E-state index contributed by atoms with van der Waals surface area (Å²) < 4.78 is 27.0. The maximum atomic E-state index is 14.0. The van der Waals surface area contributed by atoms with E-state index in [9.17, 15) is 18.7 Å². The number of aliphatic hydroxyl groups is 2. The van der Waals surface area contributed by atoms with Crippen LogP contribution >= 0.6 is 0 Å². The number of carbonyl (C=O) groups excluding carboxylic acids is 1. The number of rotatable bonds is 6. The molecule has 28 heavy (non-hydrogen) atoms. The lowest BCUT2D eigenvalue weighted by Gasteiger charge is -2.37. The zero-order chi connectivity index (χ0) is 20.3. The van der Waals surface area contributed by atoms with Crippen molar-refractivity contribution < 1.29 is 23.8 Å². The largest absolute Gasteiger partial charge is 0.394 e. The molecule has 7 heteroatoms. The zero-order valence-corrected chi connectivity index (χ0v) is 15.6. The Balaban J connectivity index is 1.68. The van der Waals surface area contributed by atoms with Crippen molar-refractivity contribution in [1.29, 1.82) is 0 Å². The summed E-state index contributed by atoms with van der Waals surface area (Å²) in [5.74, 6) is -1.24. The number of amides is 2. The fraction of sp³-hybridized carbons (Fsp3) is 0.381. The van der Waals surface area contributed by atoms with Crippen LogP contribution in [-0.2, 0) is 0 Å². The zero-order valence-electron chi connectivity index (χ0n) is 15.6. The molecule has 0 spiro atoms. The molecule has 2 aromatic carbocycles. The van der Waals surface area contributed by atoms with Crippen molar-refractivity contribution in [3.05, 3.63) is 59.7 Å². The summed E-state index contributed by atoms with van der Waals surface area (Å²) in [5.41, 5.74) is 1.85. The second-order valence-corrected chi connectivity index (χ2v) is 7.12. The Hall–Kier alpha value is -2.51. The van der Waals surface area contributed by atoms with Crippen LogP contribution in [0.1, 0.15) is 31.4 Å². The molecule has 3 atom stereocenters. The molecule has 2 amide bonds. The molecule has 1 aliphatic rings. The molecule has 0 saturated carbocycles. The first-order valence-electron chi connectivity index (χ1n) is 9.30. The minimum Gasteiger partial charge on any atom is -0.394 e. The number of carbonyl (C=O) groups is 1. The standard InChI is InChI=1S/C21H24F2N2O3/c1-13(25-9-8-17(24-21(25)28)11-18(27)12-26)14-2-4-15(5-3-14)19-7-6-16(22)10-20(19)23/h2-7,10,13,17-18,26-27H,8-9,11-12H2,1H3,(H,24,28). The number of hydrogen-bond donors (Lipinski definition) is 3. The van der Waals surface area contributed by atoms with E-state index < -0.39 is 17.7 Å². The van der Waals surface area contributed by atoms with Gasteiger partial charge in [-0.25, -0.2) is 13.6 Å². The van der Waals surface area contributed by atoms with Gasteiger partial charge in [0.05, 0.1) is 18.8 Å². The molecule has 0 bridgehead atoms. The molecule has 0 aliphatic carbocycles. The summed E-state index contributed by atoms with van der Waals surface area (Å²) in [6, 6.07) is 10.1. The van der Waals surface area contributed by atoms with Crippen molar-refractivity contribution in [3.8, 4) is 11.1 Å². The number of aliphatic hydroxyl groups excluding tert-OH is 2. The van der Waals surface area contributed by atoms with E-state index >= 15 is 0 Å². The van der Waals surface area contributed by atoms with Gasteiger partial charge >= 0.3 is 6.03 Å². The highest BCUT2D eigenvalue weighted by Crippen LogP contribution is 2.28. The van der Waals surface area contributed by atoms with Crippen molar-refractivity contribution in [2.75, 3.05) is 13.2 Å². The Bertz CT molecular complexity index is 829. The molecule has 150 valence electrons. The van der Waals surface area contributed by atoms with E-state index in [1.807, 2.05) is 19.1 Å². The molecule has 1 saturated heterocycles. The second-order valence-electron chi connectivity index (χ2n) is 7.12. The number of halogens is 2. The second kappa shape index (κ2) is 8.67. The molecule has 0 radical (unpaired) electrons. The molecule has 1 aliphatic heterocycles. The third-order valence-corrected chi connectivity index (χ3v) is 5.18. The van der Waals surface area contributed by atoms with E-state index in [-0.39, 0.29) is 24.7 Å². The normalized spacial score (nSPS) is 19.2. The predicted octanol–water partition coefficient (Wildman–Crippen LogP) is 3.22. The molecular weight excluding hydrogens is 366 g/mol. The smallest absolute Gasteiger partial charge is 0.318 e. The van der Waals surface area contributed by atoms with E-state index in [2.05, 4.69) is 5.32 Å². The molecule has 1 heterocycles. The van der Waals surface area contributed by atoms with Crippen LogP contribution < -0.4 is 5.32 Å². The van der Waals surface area contributed by atoms with Gasteiger partial charge in [0.15, 0.2) is 0 Å². The van der Waals surface area contributed by atoms with Gasteiger partial charge in [-0.15, -0.1) is 0 Å². The van der Waals surface area contributed by atoms with Crippen molar-refractivity contribution in [2.24, 2.45) is 0 Å². The lowest BCUT2D eigenvalue weighted by atomic mass is 9.99. The molecule has 0 aromatic heterocycles. The summed E-state index contributed by atoms with van der Waals surface area (Å²) in [4.78, 5) is 14.1. The van der Waals surface area contributed by atoms with Crippen LogP contribution in [0.15, 0.2) is 42.5 Å². The minimum absolute atomic E-state index is 0.165. The number of hydrogen-bond acceptors (Lipinski definition) is 3. The molecule has 3 rings (SSSR count). The third kappa shape index (κ3) is 4.48. The number of nitrogens with zero attached hydrogens (tertiary/aromatic N) is 1. The van der Waals surface area contributed by atoms with Gasteiger partial charge in [0.1, 0.15) is 11.6 Å². The van der Waals surface area contributed by atoms with E-state index in [1.54, 1.807) is 17.0 Å². The maximum Gasteiger partial charge on any atom is 0.318 e. The maximum absolute atomic E-state index is 14.0. The molecule has 2 aromatic rings. The van der Waals surface area contributed by atoms with Crippen LogP contribution in [0, 0.1) is 11.6 Å². The number of nitrogens with one attached hydrogen (secondary N) is 1. The summed E-state index contributed by atoms with van der Waals surface area (Å²) in [6.07, 6.45) is 0.155. The topological polar surface area (TPSA) is 72.8 Å². The van der Waals surface area contributed by atoms with E-state index in [0.717, 1.165) is 11.6 Å². The lowest BCUT2D eigenvalue weighted by Crippen LogP contribution is -2.53. The first kappa shape index (κ1) is 20.2. The highest BCUT2D eigenvalue weighted by molar-refractivity contribution is 5.76. The minimum atomic E-state index is -0.839. The van der Waals surface area contributed by atoms with Crippen molar-refractivity contribution in [2.45, 2.75) is 38.0 Å². The van der Waals surface area contributed by atoms with Crippen LogP contribution in [0.3, 0.4) is 0 Å². The fourth-order valence-corrected chi connectivity index (χ4v) is 3.52. The molecule has 3 N–H and O–H groups in total. The quantitative estimate of drug-likeness (QED) is 0.709.